The maximum Gasteiger partial charge on any atom is 0.0928 e. The molecule has 19 heavy (non-hydrogen) atoms. The lowest BCUT2D eigenvalue weighted by atomic mass is 10.1. The van der Waals surface area contributed by atoms with Crippen molar-refractivity contribution in [2.24, 2.45) is 0 Å². The van der Waals surface area contributed by atoms with Gasteiger partial charge in [0, 0.05) is 23.4 Å². The van der Waals surface area contributed by atoms with Crippen molar-refractivity contribution in [1.29, 1.82) is 0 Å². The third-order valence-electron chi connectivity index (χ3n) is 3.25. The Morgan fingerprint density at radius 3 is 2.95 bits per heavy atom. The average molecular weight is 251 g/mol. The maximum atomic E-state index is 4.43. The highest BCUT2D eigenvalue weighted by molar-refractivity contribution is 5.63. The van der Waals surface area contributed by atoms with E-state index in [0.717, 1.165) is 17.0 Å². The second-order valence-electron chi connectivity index (χ2n) is 4.84. The highest BCUT2D eigenvalue weighted by Gasteiger charge is 2.25. The minimum absolute atomic E-state index is 0.674. The van der Waals surface area contributed by atoms with Crippen LogP contribution in [-0.2, 0) is 0 Å². The van der Waals surface area contributed by atoms with Gasteiger partial charge in [-0.05, 0) is 44.0 Å². The second-order valence-corrected chi connectivity index (χ2v) is 4.84. The molecule has 0 spiro atoms. The van der Waals surface area contributed by atoms with E-state index in [2.05, 4.69) is 27.3 Å². The van der Waals surface area contributed by atoms with Crippen LogP contribution in [0.4, 0.5) is 0 Å². The van der Waals surface area contributed by atoms with Gasteiger partial charge in [-0.25, -0.2) is 0 Å². The van der Waals surface area contributed by atoms with Gasteiger partial charge in [0.2, 0.25) is 0 Å². The summed E-state index contributed by atoms with van der Waals surface area (Å²) in [6.45, 7) is 2.00. The number of hydrogen-bond acceptors (Lipinski definition) is 2. The first-order valence-electron chi connectivity index (χ1n) is 6.68. The number of aromatic nitrogens is 3. The van der Waals surface area contributed by atoms with E-state index in [1.807, 2.05) is 43.5 Å². The van der Waals surface area contributed by atoms with E-state index in [4.69, 9.17) is 0 Å². The number of H-pyrrole nitrogens is 1. The summed E-state index contributed by atoms with van der Waals surface area (Å²) < 4.78 is 0. The van der Waals surface area contributed by atoms with Crippen molar-refractivity contribution in [3.63, 3.8) is 0 Å². The van der Waals surface area contributed by atoms with Crippen LogP contribution in [0.2, 0.25) is 0 Å². The van der Waals surface area contributed by atoms with Crippen molar-refractivity contribution in [2.75, 3.05) is 0 Å². The summed E-state index contributed by atoms with van der Waals surface area (Å²) in [5.74, 6) is 0.674. The van der Waals surface area contributed by atoms with Crippen LogP contribution in [0.3, 0.4) is 0 Å². The lowest BCUT2D eigenvalue weighted by molar-refractivity contribution is 1.02. The predicted octanol–water partition coefficient (Wildman–Crippen LogP) is 3.94. The Morgan fingerprint density at radius 2 is 2.16 bits per heavy atom. The van der Waals surface area contributed by atoms with Crippen molar-refractivity contribution >= 4 is 6.08 Å². The Balaban J connectivity index is 1.83. The van der Waals surface area contributed by atoms with Crippen LogP contribution >= 0.6 is 0 Å². The van der Waals surface area contributed by atoms with Crippen molar-refractivity contribution in [2.45, 2.75) is 25.7 Å². The van der Waals surface area contributed by atoms with Crippen LogP contribution in [0.1, 0.15) is 37.1 Å². The molecule has 3 nitrogen and oxygen atoms in total. The summed E-state index contributed by atoms with van der Waals surface area (Å²) in [6.07, 6.45) is 12.4. The number of nitrogens with one attached hydrogen (secondary N) is 1. The van der Waals surface area contributed by atoms with E-state index < -0.39 is 0 Å². The average Bonchev–Trinajstić information content (AvgIpc) is 3.19. The fraction of sp³-hybridized carbons (Fsp3) is 0.250. The highest BCUT2D eigenvalue weighted by atomic mass is 15.1. The molecule has 1 fully saturated rings. The Kier molecular flexibility index (Phi) is 3.27. The summed E-state index contributed by atoms with van der Waals surface area (Å²) in [7, 11) is 0. The molecule has 2 aromatic heterocycles. The van der Waals surface area contributed by atoms with Crippen LogP contribution < -0.4 is 0 Å². The van der Waals surface area contributed by atoms with Gasteiger partial charge in [0.25, 0.3) is 0 Å². The molecule has 3 heteroatoms. The molecule has 2 heterocycles. The third kappa shape index (κ3) is 2.81. The molecule has 2 aromatic rings. The molecule has 1 aliphatic rings. The zero-order chi connectivity index (χ0) is 13.1. The van der Waals surface area contributed by atoms with Crippen LogP contribution in [0.15, 0.2) is 42.6 Å². The van der Waals surface area contributed by atoms with Gasteiger partial charge in [-0.15, -0.1) is 0 Å². The van der Waals surface area contributed by atoms with Crippen molar-refractivity contribution in [3.8, 4) is 11.3 Å². The Morgan fingerprint density at radius 1 is 1.26 bits per heavy atom. The Hall–Kier alpha value is -2.16. The first kappa shape index (κ1) is 11.9. The molecule has 0 aliphatic heterocycles. The molecule has 0 amide bonds. The lowest BCUT2D eigenvalue weighted by Crippen LogP contribution is -1.87. The molecule has 0 saturated heterocycles. The molecular formula is C16H17N3. The van der Waals surface area contributed by atoms with Gasteiger partial charge in [-0.2, -0.15) is 5.10 Å². The number of allylic oxidation sites excluding steroid dienone is 3. The molecule has 1 saturated carbocycles. The fourth-order valence-electron chi connectivity index (χ4n) is 2.05. The first-order chi connectivity index (χ1) is 9.36. The van der Waals surface area contributed by atoms with Crippen LogP contribution in [0, 0.1) is 0 Å². The minimum Gasteiger partial charge on any atom is -0.278 e. The number of rotatable bonds is 4. The molecule has 0 bridgehead atoms. The van der Waals surface area contributed by atoms with Gasteiger partial charge in [-0.1, -0.05) is 18.2 Å². The molecule has 0 aromatic carbocycles. The number of aromatic amines is 1. The molecule has 1 aliphatic carbocycles. The highest BCUT2D eigenvalue weighted by Crippen LogP contribution is 2.39. The van der Waals surface area contributed by atoms with Crippen LogP contribution in [0.25, 0.3) is 17.3 Å². The number of nitrogens with zero attached hydrogens (tertiary/aromatic N) is 2. The van der Waals surface area contributed by atoms with Gasteiger partial charge in [0.1, 0.15) is 0 Å². The fourth-order valence-corrected chi connectivity index (χ4v) is 2.05. The van der Waals surface area contributed by atoms with E-state index in [1.54, 1.807) is 0 Å². The SMILES string of the molecule is C/C=C\C=C/c1cc(-c2ccnc(C3CC3)c2)n[nH]1. The van der Waals surface area contributed by atoms with Crippen LogP contribution in [0.5, 0.6) is 0 Å². The standard InChI is InChI=1S/C16H17N3/c1-2-3-4-5-14-11-16(19-18-14)13-8-9-17-15(10-13)12-6-7-12/h2-5,8-12H,6-7H2,1H3,(H,18,19)/b3-2-,5-4-. The zero-order valence-corrected chi connectivity index (χ0v) is 11.0. The summed E-state index contributed by atoms with van der Waals surface area (Å²) in [5, 5.41) is 7.39. The third-order valence-corrected chi connectivity index (χ3v) is 3.25. The quantitative estimate of drug-likeness (QED) is 0.836. The van der Waals surface area contributed by atoms with E-state index in [1.165, 1.54) is 18.5 Å². The molecule has 1 N–H and O–H groups in total. The minimum atomic E-state index is 0.674. The molecule has 0 unspecified atom stereocenters. The normalized spacial score (nSPS) is 15.6. The molecule has 0 atom stereocenters. The molecular weight excluding hydrogens is 234 g/mol. The van der Waals surface area contributed by atoms with Crippen molar-refractivity contribution < 1.29 is 0 Å². The Labute approximate surface area is 113 Å². The monoisotopic (exact) mass is 251 g/mol. The van der Waals surface area contributed by atoms with E-state index in [-0.39, 0.29) is 0 Å². The van der Waals surface area contributed by atoms with Gasteiger partial charge in [-0.3, -0.25) is 10.1 Å². The first-order valence-corrected chi connectivity index (χ1v) is 6.68. The molecule has 96 valence electrons. The van der Waals surface area contributed by atoms with Gasteiger partial charge in [0.05, 0.1) is 11.4 Å². The lowest BCUT2D eigenvalue weighted by Gasteiger charge is -1.99. The van der Waals surface area contributed by atoms with Gasteiger partial charge in [0.15, 0.2) is 0 Å². The topological polar surface area (TPSA) is 41.6 Å². The van der Waals surface area contributed by atoms with Crippen LogP contribution in [-0.4, -0.2) is 15.2 Å². The molecule has 3 rings (SSSR count). The van der Waals surface area contributed by atoms with E-state index in [0.29, 0.717) is 5.92 Å². The number of hydrogen-bond donors (Lipinski definition) is 1. The van der Waals surface area contributed by atoms with E-state index in [9.17, 15) is 0 Å². The second kappa shape index (κ2) is 5.22. The Bertz CT molecular complexity index is 618. The number of pyridine rings is 1. The summed E-state index contributed by atoms with van der Waals surface area (Å²) in [4.78, 5) is 4.43. The zero-order valence-electron chi connectivity index (χ0n) is 11.0. The smallest absolute Gasteiger partial charge is 0.0928 e. The maximum absolute atomic E-state index is 4.43. The summed E-state index contributed by atoms with van der Waals surface area (Å²) in [6, 6.07) is 6.24. The van der Waals surface area contributed by atoms with E-state index >= 15 is 0 Å². The van der Waals surface area contributed by atoms with Crippen molar-refractivity contribution in [1.82, 2.24) is 15.2 Å². The predicted molar refractivity (Wildman–Crippen MR) is 77.6 cm³/mol. The summed E-state index contributed by atoms with van der Waals surface area (Å²) >= 11 is 0. The van der Waals surface area contributed by atoms with Crippen molar-refractivity contribution in [3.05, 3.63) is 54.0 Å². The summed E-state index contributed by atoms with van der Waals surface area (Å²) in [5.41, 5.74) is 4.33. The van der Waals surface area contributed by atoms with Gasteiger partial charge >= 0.3 is 0 Å². The van der Waals surface area contributed by atoms with Gasteiger partial charge < -0.3 is 0 Å². The molecule has 0 radical (unpaired) electrons. The largest absolute Gasteiger partial charge is 0.278 e.